The molecule has 1 atom stereocenters. The predicted octanol–water partition coefficient (Wildman–Crippen LogP) is 4.12. The van der Waals surface area contributed by atoms with Crippen LogP contribution in [0.1, 0.15) is 30.9 Å². The van der Waals surface area contributed by atoms with Crippen molar-refractivity contribution in [2.75, 3.05) is 71.4 Å². The fraction of sp³-hybridized carbons (Fsp3) is 0.441. The number of likely N-dealkylation sites (tertiary alicyclic amines) is 1. The third-order valence-corrected chi connectivity index (χ3v) is 11.5. The highest BCUT2D eigenvalue weighted by Gasteiger charge is 2.61. The molecule has 0 aliphatic carbocycles. The first-order valence-electron chi connectivity index (χ1n) is 16.3. The van der Waals surface area contributed by atoms with Crippen molar-refractivity contribution in [1.82, 2.24) is 19.7 Å². The monoisotopic (exact) mass is 731 g/mol. The first kappa shape index (κ1) is 35.6. The summed E-state index contributed by atoms with van der Waals surface area (Å²) < 4.78 is 67.6. The molecule has 1 aromatic heterocycles. The molecule has 0 N–H and O–H groups in total. The van der Waals surface area contributed by atoms with E-state index in [4.69, 9.17) is 30.5 Å². The van der Waals surface area contributed by atoms with Gasteiger partial charge in [-0.25, -0.2) is 22.6 Å². The van der Waals surface area contributed by atoms with Gasteiger partial charge in [0, 0.05) is 50.0 Å². The minimum atomic E-state index is -4.84. The van der Waals surface area contributed by atoms with E-state index >= 15 is 9.18 Å². The lowest BCUT2D eigenvalue weighted by atomic mass is 9.87. The zero-order valence-electron chi connectivity index (χ0n) is 28.2. The summed E-state index contributed by atoms with van der Waals surface area (Å²) in [6.07, 6.45) is 2.56. The maximum absolute atomic E-state index is 15.4. The summed E-state index contributed by atoms with van der Waals surface area (Å²) in [5, 5.41) is -0.457. The van der Waals surface area contributed by atoms with Gasteiger partial charge in [-0.15, -0.1) is 0 Å². The van der Waals surface area contributed by atoms with Crippen LogP contribution in [0.15, 0.2) is 53.6 Å². The second-order valence-corrected chi connectivity index (χ2v) is 14.4. The molecular formula is C34H39ClFN5O8S. The largest absolute Gasteiger partial charge is 0.497 e. The van der Waals surface area contributed by atoms with Gasteiger partial charge in [0.15, 0.2) is 0 Å². The Morgan fingerprint density at radius 1 is 1.02 bits per heavy atom. The lowest BCUT2D eigenvalue weighted by Crippen LogP contribution is -2.55. The van der Waals surface area contributed by atoms with Gasteiger partial charge in [0.2, 0.25) is 5.88 Å². The van der Waals surface area contributed by atoms with E-state index in [0.29, 0.717) is 42.3 Å². The number of ether oxygens (including phenoxy) is 4. The van der Waals surface area contributed by atoms with Crippen LogP contribution in [0.5, 0.6) is 17.4 Å². The van der Waals surface area contributed by atoms with E-state index in [9.17, 15) is 13.2 Å². The van der Waals surface area contributed by atoms with Gasteiger partial charge in [-0.3, -0.25) is 9.69 Å². The Balaban J connectivity index is 1.45. The molecule has 16 heteroatoms. The molecule has 50 heavy (non-hydrogen) atoms. The highest BCUT2D eigenvalue weighted by Crippen LogP contribution is 2.53. The molecule has 0 radical (unpaired) electrons. The number of piperazine rings is 1. The van der Waals surface area contributed by atoms with E-state index in [2.05, 4.69) is 21.8 Å². The number of halogens is 2. The van der Waals surface area contributed by atoms with Crippen LogP contribution in [0.2, 0.25) is 5.02 Å². The van der Waals surface area contributed by atoms with E-state index in [-0.39, 0.29) is 35.1 Å². The summed E-state index contributed by atoms with van der Waals surface area (Å²) in [7, 11) is -0.0728. The molecule has 1 unspecified atom stereocenters. The molecule has 0 bridgehead atoms. The van der Waals surface area contributed by atoms with Crippen molar-refractivity contribution in [3.63, 3.8) is 0 Å². The van der Waals surface area contributed by atoms with Gasteiger partial charge in [0.1, 0.15) is 22.2 Å². The van der Waals surface area contributed by atoms with Gasteiger partial charge >= 0.3 is 6.09 Å². The Hall–Kier alpha value is -4.18. The zero-order chi connectivity index (χ0) is 35.8. The first-order chi connectivity index (χ1) is 24.0. The Labute approximate surface area is 295 Å². The molecule has 0 saturated carbocycles. The molecule has 268 valence electrons. The van der Waals surface area contributed by atoms with Crippen LogP contribution in [0, 0.1) is 5.82 Å². The molecule has 3 aromatic rings. The predicted molar refractivity (Wildman–Crippen MR) is 182 cm³/mol. The Morgan fingerprint density at radius 3 is 2.40 bits per heavy atom. The fourth-order valence-electron chi connectivity index (χ4n) is 6.83. The molecule has 4 heterocycles. The van der Waals surface area contributed by atoms with Crippen LogP contribution in [0.25, 0.3) is 0 Å². The number of sulfonamides is 1. The third kappa shape index (κ3) is 6.20. The lowest BCUT2D eigenvalue weighted by Gasteiger charge is -2.42. The third-order valence-electron chi connectivity index (χ3n) is 9.46. The number of fused-ring (bicyclic) bond motifs is 1. The average Bonchev–Trinajstić information content (AvgIpc) is 3.35. The first-order valence-corrected chi connectivity index (χ1v) is 18.1. The Bertz CT molecular complexity index is 1880. The molecule has 2 aromatic carbocycles. The molecule has 13 nitrogen and oxygen atoms in total. The SMILES string of the molecule is CCOc1ncccc1C1(OC(=O)N2CCN(C3CCN(C)CC3)CC2)C(=O)N(S(=O)(=O)c2ccc(OC)cc2OC)c2cc(Cl)c(F)cc21. The quantitative estimate of drug-likeness (QED) is 0.315. The molecule has 2 amide bonds. The van der Waals surface area contributed by atoms with Gasteiger partial charge < -0.3 is 28.7 Å². The molecular weight excluding hydrogens is 693 g/mol. The number of carbonyl (C=O) groups is 2. The molecule has 6 rings (SSSR count). The zero-order valence-corrected chi connectivity index (χ0v) is 29.8. The van der Waals surface area contributed by atoms with Crippen molar-refractivity contribution in [2.24, 2.45) is 0 Å². The lowest BCUT2D eigenvalue weighted by molar-refractivity contribution is -0.132. The molecule has 2 fully saturated rings. The van der Waals surface area contributed by atoms with Crippen molar-refractivity contribution in [3.05, 3.63) is 70.6 Å². The van der Waals surface area contributed by atoms with Crippen LogP contribution >= 0.6 is 11.6 Å². The van der Waals surface area contributed by atoms with E-state index in [1.807, 2.05) is 0 Å². The molecule has 3 aliphatic rings. The van der Waals surface area contributed by atoms with Crippen LogP contribution in [-0.2, 0) is 25.2 Å². The number of hydrogen-bond donors (Lipinski definition) is 0. The minimum Gasteiger partial charge on any atom is -0.497 e. The number of rotatable bonds is 9. The maximum Gasteiger partial charge on any atom is 0.411 e. The van der Waals surface area contributed by atoms with Crippen molar-refractivity contribution < 1.29 is 41.3 Å². The van der Waals surface area contributed by atoms with Gasteiger partial charge in [0.05, 0.1) is 37.1 Å². The number of carbonyl (C=O) groups excluding carboxylic acids is 2. The maximum atomic E-state index is 15.4. The van der Waals surface area contributed by atoms with Crippen LogP contribution in [0.4, 0.5) is 14.9 Å². The number of benzene rings is 2. The van der Waals surface area contributed by atoms with Crippen LogP contribution in [-0.4, -0.2) is 113 Å². The highest BCUT2D eigenvalue weighted by atomic mass is 35.5. The Kier molecular flexibility index (Phi) is 10.1. The average molecular weight is 732 g/mol. The van der Waals surface area contributed by atoms with Gasteiger partial charge in [-0.2, -0.15) is 4.31 Å². The van der Waals surface area contributed by atoms with E-state index in [1.54, 1.807) is 6.92 Å². The molecule has 0 spiro atoms. The van der Waals surface area contributed by atoms with E-state index < -0.39 is 43.4 Å². The normalized spacial score (nSPS) is 20.5. The standard InChI is InChI=1S/C34H39ClFN5O8S/c1-5-48-31-24(7-6-12-37-31)34(49-33(43)40-17-15-39(16-18-40)22-10-13-38(2)14-11-22)25-20-27(36)26(35)21-28(25)41(32(34)42)50(44,45)30-9-8-23(46-3)19-29(30)47-4/h6-9,12,19-22H,5,10-11,13-18H2,1-4H3. The van der Waals surface area contributed by atoms with E-state index in [1.165, 1.54) is 55.6 Å². The summed E-state index contributed by atoms with van der Waals surface area (Å²) in [5.74, 6) is -2.12. The summed E-state index contributed by atoms with van der Waals surface area (Å²) >= 11 is 6.22. The smallest absolute Gasteiger partial charge is 0.411 e. The van der Waals surface area contributed by atoms with Crippen molar-refractivity contribution >= 4 is 39.3 Å². The highest BCUT2D eigenvalue weighted by molar-refractivity contribution is 7.93. The van der Waals surface area contributed by atoms with Crippen LogP contribution in [0.3, 0.4) is 0 Å². The number of hydrogen-bond acceptors (Lipinski definition) is 11. The van der Waals surface area contributed by atoms with Crippen molar-refractivity contribution in [1.29, 1.82) is 0 Å². The Morgan fingerprint density at radius 2 is 1.74 bits per heavy atom. The van der Waals surface area contributed by atoms with Gasteiger partial charge in [-0.1, -0.05) is 11.6 Å². The summed E-state index contributed by atoms with van der Waals surface area (Å²) in [4.78, 5) is 39.2. The number of piperidine rings is 1. The number of amides is 2. The second-order valence-electron chi connectivity index (χ2n) is 12.3. The molecule has 2 saturated heterocycles. The molecule has 3 aliphatic heterocycles. The number of aromatic nitrogens is 1. The summed E-state index contributed by atoms with van der Waals surface area (Å²) in [6, 6.07) is 9.19. The summed E-state index contributed by atoms with van der Waals surface area (Å²) in [5.41, 5.74) is -3.22. The summed E-state index contributed by atoms with van der Waals surface area (Å²) in [6.45, 7) is 5.55. The minimum absolute atomic E-state index is 0.0903. The van der Waals surface area contributed by atoms with Crippen LogP contribution < -0.4 is 18.5 Å². The number of nitrogens with zero attached hydrogens (tertiary/aromatic N) is 5. The van der Waals surface area contributed by atoms with Crippen molar-refractivity contribution in [3.8, 4) is 17.4 Å². The topological polar surface area (TPSA) is 131 Å². The second kappa shape index (κ2) is 14.2. The van der Waals surface area contributed by atoms with Gasteiger partial charge in [-0.05, 0) is 76.3 Å². The van der Waals surface area contributed by atoms with E-state index in [0.717, 1.165) is 38.1 Å². The number of methoxy groups -OCH3 is 2. The number of pyridine rings is 1. The number of anilines is 1. The van der Waals surface area contributed by atoms with Gasteiger partial charge in [0.25, 0.3) is 21.5 Å². The fourth-order valence-corrected chi connectivity index (χ4v) is 8.58. The van der Waals surface area contributed by atoms with Crippen molar-refractivity contribution in [2.45, 2.75) is 36.3 Å².